The van der Waals surface area contributed by atoms with Crippen LogP contribution in [0.15, 0.2) is 52.6 Å². The molecule has 150 valence electrons. The fraction of sp³-hybridized carbons (Fsp3) is 0.118. The average Bonchev–Trinajstić information content (AvgIpc) is 3.00. The summed E-state index contributed by atoms with van der Waals surface area (Å²) >= 11 is 0. The minimum Gasteiger partial charge on any atom is -0.325 e. The molecule has 2 N–H and O–H groups in total. The molecule has 0 atom stereocenters. The first-order valence-corrected chi connectivity index (χ1v) is 9.59. The summed E-state index contributed by atoms with van der Waals surface area (Å²) in [7, 11) is -4.40. The maximum atomic E-state index is 12.0. The van der Waals surface area contributed by atoms with E-state index in [9.17, 15) is 27.4 Å². The molecule has 3 rings (SSSR count). The number of aromatic nitrogens is 1. The highest BCUT2D eigenvalue weighted by atomic mass is 32.2. The molecule has 0 aliphatic carbocycles. The van der Waals surface area contributed by atoms with E-state index in [1.54, 1.807) is 6.07 Å². The van der Waals surface area contributed by atoms with Gasteiger partial charge in [-0.05, 0) is 18.2 Å². The number of carbonyl (C=O) groups is 3. The molecule has 1 aromatic carbocycles. The van der Waals surface area contributed by atoms with E-state index in [0.29, 0.717) is 5.06 Å². The Morgan fingerprint density at radius 2 is 1.86 bits per heavy atom. The van der Waals surface area contributed by atoms with Crippen LogP contribution in [0.3, 0.4) is 0 Å². The molecular formula is C17H14N4O7S. The molecule has 0 radical (unpaired) electrons. The Morgan fingerprint density at radius 1 is 1.17 bits per heavy atom. The number of imide groups is 1. The lowest BCUT2D eigenvalue weighted by atomic mass is 10.2. The van der Waals surface area contributed by atoms with Gasteiger partial charge in [0.25, 0.3) is 21.9 Å². The van der Waals surface area contributed by atoms with E-state index >= 15 is 0 Å². The number of nitrogens with one attached hydrogen (secondary N) is 1. The SMILES string of the molecule is O=C(ON1C(=O)CCC1=O)c1ccc(N/N=C/c2ccccc2S(=O)(=O)O)nc1. The molecule has 2 amide bonds. The van der Waals surface area contributed by atoms with Crippen LogP contribution in [0.25, 0.3) is 0 Å². The van der Waals surface area contributed by atoms with Gasteiger partial charge in [0.2, 0.25) is 0 Å². The van der Waals surface area contributed by atoms with E-state index in [1.807, 2.05) is 0 Å². The van der Waals surface area contributed by atoms with E-state index < -0.39 is 27.9 Å². The first-order chi connectivity index (χ1) is 13.8. The zero-order valence-corrected chi connectivity index (χ0v) is 15.5. The lowest BCUT2D eigenvalue weighted by Crippen LogP contribution is -2.32. The summed E-state index contributed by atoms with van der Waals surface area (Å²) in [6, 6.07) is 8.43. The molecule has 0 unspecified atom stereocenters. The number of hydrogen-bond donors (Lipinski definition) is 2. The molecule has 1 saturated heterocycles. The summed E-state index contributed by atoms with van der Waals surface area (Å²) in [5.41, 5.74) is 2.69. The number of amides is 2. The van der Waals surface area contributed by atoms with Crippen molar-refractivity contribution in [3.05, 3.63) is 53.7 Å². The quantitative estimate of drug-likeness (QED) is 0.302. The number of hydrogen-bond acceptors (Lipinski definition) is 9. The van der Waals surface area contributed by atoms with Crippen molar-refractivity contribution in [1.29, 1.82) is 0 Å². The number of benzene rings is 1. The fourth-order valence-corrected chi connectivity index (χ4v) is 3.03. The van der Waals surface area contributed by atoms with Crippen LogP contribution in [-0.2, 0) is 24.5 Å². The normalized spacial score (nSPS) is 14.4. The molecular weight excluding hydrogens is 404 g/mol. The van der Waals surface area contributed by atoms with Gasteiger partial charge in [0.1, 0.15) is 10.7 Å². The summed E-state index contributed by atoms with van der Waals surface area (Å²) in [6.07, 6.45) is 2.31. The van der Waals surface area contributed by atoms with Crippen LogP contribution in [0.1, 0.15) is 28.8 Å². The number of nitrogens with zero attached hydrogens (tertiary/aromatic N) is 3. The van der Waals surface area contributed by atoms with Gasteiger partial charge in [0.05, 0.1) is 11.8 Å². The highest BCUT2D eigenvalue weighted by Gasteiger charge is 2.33. The van der Waals surface area contributed by atoms with Crippen molar-refractivity contribution in [3.63, 3.8) is 0 Å². The number of rotatable bonds is 6. The molecule has 12 heteroatoms. The predicted octanol–water partition coefficient (Wildman–Crippen LogP) is 0.995. The Bertz CT molecular complexity index is 1080. The molecule has 0 bridgehead atoms. The summed E-state index contributed by atoms with van der Waals surface area (Å²) in [4.78, 5) is 43.3. The molecule has 0 saturated carbocycles. The summed E-state index contributed by atoms with van der Waals surface area (Å²) in [5, 5.41) is 4.27. The summed E-state index contributed by atoms with van der Waals surface area (Å²) in [5.74, 6) is -1.88. The van der Waals surface area contributed by atoms with Gasteiger partial charge in [-0.25, -0.2) is 9.78 Å². The van der Waals surface area contributed by atoms with Crippen LogP contribution >= 0.6 is 0 Å². The van der Waals surface area contributed by atoms with E-state index in [4.69, 9.17) is 4.84 Å². The zero-order valence-electron chi connectivity index (χ0n) is 14.7. The topological polar surface area (TPSA) is 155 Å². The summed E-state index contributed by atoms with van der Waals surface area (Å²) in [6.45, 7) is 0. The Balaban J connectivity index is 1.64. The average molecular weight is 418 g/mol. The van der Waals surface area contributed by atoms with Gasteiger partial charge in [0, 0.05) is 24.6 Å². The van der Waals surface area contributed by atoms with Crippen molar-refractivity contribution >= 4 is 39.9 Å². The molecule has 1 aliphatic heterocycles. The second-order valence-electron chi connectivity index (χ2n) is 5.78. The molecule has 0 spiro atoms. The molecule has 29 heavy (non-hydrogen) atoms. The summed E-state index contributed by atoms with van der Waals surface area (Å²) < 4.78 is 31.8. The van der Waals surface area contributed by atoms with E-state index in [1.165, 1.54) is 36.5 Å². The van der Waals surface area contributed by atoms with Gasteiger partial charge in [-0.3, -0.25) is 19.6 Å². The standard InChI is InChI=1S/C17H14N4O7S/c22-15-7-8-16(23)21(15)28-17(24)12-5-6-14(18-9-12)20-19-10-11-3-1-2-4-13(11)29(25,26)27/h1-6,9-10H,7-8H2,(H,18,20)(H,25,26,27)/b19-10+. The highest BCUT2D eigenvalue weighted by Crippen LogP contribution is 2.15. The number of pyridine rings is 1. The first kappa shape index (κ1) is 20.1. The van der Waals surface area contributed by atoms with Gasteiger partial charge in [-0.15, -0.1) is 5.06 Å². The van der Waals surface area contributed by atoms with Gasteiger partial charge in [-0.2, -0.15) is 13.5 Å². The van der Waals surface area contributed by atoms with E-state index in [-0.39, 0.29) is 34.7 Å². The van der Waals surface area contributed by atoms with Crippen LogP contribution in [0.2, 0.25) is 0 Å². The van der Waals surface area contributed by atoms with Gasteiger partial charge < -0.3 is 4.84 Å². The van der Waals surface area contributed by atoms with Gasteiger partial charge in [0.15, 0.2) is 0 Å². The Hall–Kier alpha value is -3.64. The molecule has 1 aliphatic rings. The van der Waals surface area contributed by atoms with Gasteiger partial charge in [-0.1, -0.05) is 18.2 Å². The monoisotopic (exact) mass is 418 g/mol. The smallest absolute Gasteiger partial charge is 0.325 e. The first-order valence-electron chi connectivity index (χ1n) is 8.15. The third kappa shape index (κ3) is 4.80. The lowest BCUT2D eigenvalue weighted by molar-refractivity contribution is -0.172. The molecule has 2 aromatic rings. The van der Waals surface area contributed by atoms with Crippen LogP contribution in [0, 0.1) is 0 Å². The van der Waals surface area contributed by atoms with Crippen molar-refractivity contribution in [3.8, 4) is 0 Å². The van der Waals surface area contributed by atoms with Crippen LogP contribution in [0.4, 0.5) is 5.82 Å². The Kier molecular flexibility index (Phi) is 5.66. The van der Waals surface area contributed by atoms with Crippen LogP contribution in [0.5, 0.6) is 0 Å². The molecule has 1 fully saturated rings. The van der Waals surface area contributed by atoms with Crippen molar-refractivity contribution in [2.45, 2.75) is 17.7 Å². The number of carbonyl (C=O) groups excluding carboxylic acids is 3. The van der Waals surface area contributed by atoms with E-state index in [2.05, 4.69) is 15.5 Å². The number of anilines is 1. The second-order valence-corrected chi connectivity index (χ2v) is 7.17. The van der Waals surface area contributed by atoms with Crippen molar-refractivity contribution in [1.82, 2.24) is 10.0 Å². The predicted molar refractivity (Wildman–Crippen MR) is 98.2 cm³/mol. The maximum absolute atomic E-state index is 12.0. The minimum absolute atomic E-state index is 0.00347. The minimum atomic E-state index is -4.40. The highest BCUT2D eigenvalue weighted by molar-refractivity contribution is 7.86. The van der Waals surface area contributed by atoms with Crippen LogP contribution < -0.4 is 5.43 Å². The molecule has 11 nitrogen and oxygen atoms in total. The maximum Gasteiger partial charge on any atom is 0.365 e. The van der Waals surface area contributed by atoms with Crippen molar-refractivity contribution < 1.29 is 32.2 Å². The largest absolute Gasteiger partial charge is 0.365 e. The van der Waals surface area contributed by atoms with Crippen molar-refractivity contribution in [2.24, 2.45) is 5.10 Å². The fourth-order valence-electron chi connectivity index (χ4n) is 2.36. The number of hydrazone groups is 1. The third-order valence-corrected chi connectivity index (χ3v) is 4.69. The van der Waals surface area contributed by atoms with Gasteiger partial charge >= 0.3 is 5.97 Å². The zero-order chi connectivity index (χ0) is 21.0. The Morgan fingerprint density at radius 3 is 2.48 bits per heavy atom. The van der Waals surface area contributed by atoms with E-state index in [0.717, 1.165) is 6.20 Å². The third-order valence-electron chi connectivity index (χ3n) is 3.76. The number of hydroxylamine groups is 2. The lowest BCUT2D eigenvalue weighted by Gasteiger charge is -2.12. The molecule has 2 heterocycles. The Labute approximate surface area is 164 Å². The molecule has 1 aromatic heterocycles. The van der Waals surface area contributed by atoms with Crippen LogP contribution in [-0.4, -0.2) is 47.0 Å². The van der Waals surface area contributed by atoms with Crippen molar-refractivity contribution in [2.75, 3.05) is 5.43 Å². The second kappa shape index (κ2) is 8.16.